The second kappa shape index (κ2) is 8.14. The monoisotopic (exact) mass is 415 g/mol. The Morgan fingerprint density at radius 2 is 1.74 bits per heavy atom. The third kappa shape index (κ3) is 4.31. The third-order valence-corrected chi connectivity index (χ3v) is 6.22. The average molecular weight is 416 g/mol. The van der Waals surface area contributed by atoms with E-state index in [2.05, 4.69) is 43.7 Å². The molecule has 1 fully saturated rings. The van der Waals surface area contributed by atoms with E-state index in [0.717, 1.165) is 5.56 Å². The lowest BCUT2D eigenvalue weighted by atomic mass is 10.1. The second-order valence-corrected chi connectivity index (χ2v) is 9.28. The maximum absolute atomic E-state index is 13.6. The third-order valence-electron chi connectivity index (χ3n) is 6.22. The van der Waals surface area contributed by atoms with Crippen LogP contribution in [0, 0.1) is 17.3 Å². The fourth-order valence-electron chi connectivity index (χ4n) is 4.42. The number of benzene rings is 2. The lowest BCUT2D eigenvalue weighted by Crippen LogP contribution is -2.34. The molecular weight excluding hydrogens is 386 g/mol. The van der Waals surface area contributed by atoms with Crippen molar-refractivity contribution in [2.24, 2.45) is 17.3 Å². The highest BCUT2D eigenvalue weighted by Crippen LogP contribution is 2.60. The van der Waals surface area contributed by atoms with E-state index in [1.54, 1.807) is 6.07 Å². The molecule has 160 valence electrons. The minimum absolute atomic E-state index is 0.0710. The summed E-state index contributed by atoms with van der Waals surface area (Å²) in [6.45, 7) is 9.18. The van der Waals surface area contributed by atoms with Crippen molar-refractivity contribution in [3.05, 3.63) is 88.0 Å². The normalized spacial score (nSPS) is 19.1. The van der Waals surface area contributed by atoms with E-state index in [4.69, 9.17) is 0 Å². The maximum Gasteiger partial charge on any atom is 0.258 e. The molecule has 1 amide bonds. The molecule has 0 bridgehead atoms. The van der Waals surface area contributed by atoms with Crippen molar-refractivity contribution in [2.45, 2.75) is 40.8 Å². The zero-order valence-corrected chi connectivity index (χ0v) is 18.6. The number of nitrogens with zero attached hydrogens (tertiary/aromatic N) is 2. The number of carbonyl (C=O) groups excluding carboxylic acids is 1. The van der Waals surface area contributed by atoms with E-state index in [0.29, 0.717) is 23.3 Å². The number of amides is 1. The van der Waals surface area contributed by atoms with Gasteiger partial charge in [-0.2, -0.15) is 0 Å². The molecule has 0 saturated heterocycles. The number of carbonyl (C=O) groups is 1. The molecule has 1 aliphatic rings. The van der Waals surface area contributed by atoms with Crippen LogP contribution in [0.25, 0.3) is 10.9 Å². The summed E-state index contributed by atoms with van der Waals surface area (Å²) in [6.07, 6.45) is 2.21. The van der Waals surface area contributed by atoms with Crippen molar-refractivity contribution in [3.63, 3.8) is 0 Å². The van der Waals surface area contributed by atoms with Crippen LogP contribution in [0.3, 0.4) is 0 Å². The highest BCUT2D eigenvalue weighted by Gasteiger charge is 2.61. The first-order valence-electron chi connectivity index (χ1n) is 10.7. The van der Waals surface area contributed by atoms with Crippen LogP contribution in [0.15, 0.2) is 71.0 Å². The number of aromatic amines is 1. The fraction of sp³-hybridized carbons (Fsp3) is 0.346. The highest BCUT2D eigenvalue weighted by molar-refractivity contribution is 5.84. The van der Waals surface area contributed by atoms with Crippen molar-refractivity contribution >= 4 is 16.8 Å². The van der Waals surface area contributed by atoms with Gasteiger partial charge in [0.05, 0.1) is 23.4 Å². The number of nitrogens with one attached hydrogen (secondary N) is 1. The van der Waals surface area contributed by atoms with Gasteiger partial charge in [-0.1, -0.05) is 68.0 Å². The number of hydrogen-bond donors (Lipinski definition) is 1. The molecule has 1 heterocycles. The van der Waals surface area contributed by atoms with Crippen LogP contribution in [0.2, 0.25) is 0 Å². The zero-order valence-electron chi connectivity index (χ0n) is 18.6. The standard InChI is InChI=1S/C26H29N3O2/c1-17(2)14-20-23(26(20,3)4)25(31)29(15-18-10-6-5-7-11-18)16-22-27-21-13-9-8-12-19(21)24(30)28-22/h5-14,20,23H,15-16H2,1-4H3,(H,27,28,30). The van der Waals surface area contributed by atoms with Gasteiger partial charge in [0.25, 0.3) is 5.56 Å². The van der Waals surface area contributed by atoms with Crippen LogP contribution in [0.5, 0.6) is 0 Å². The Kier molecular flexibility index (Phi) is 5.52. The van der Waals surface area contributed by atoms with E-state index in [1.807, 2.05) is 53.4 Å². The van der Waals surface area contributed by atoms with Crippen LogP contribution >= 0.6 is 0 Å². The molecule has 2 atom stereocenters. The average Bonchev–Trinajstić information content (AvgIpc) is 3.26. The largest absolute Gasteiger partial charge is 0.331 e. The fourth-order valence-corrected chi connectivity index (χ4v) is 4.42. The van der Waals surface area contributed by atoms with Gasteiger partial charge in [-0.25, -0.2) is 4.98 Å². The summed E-state index contributed by atoms with van der Waals surface area (Å²) in [5, 5.41) is 0.555. The Morgan fingerprint density at radius 1 is 1.06 bits per heavy atom. The van der Waals surface area contributed by atoms with Crippen molar-refractivity contribution in [1.29, 1.82) is 0 Å². The van der Waals surface area contributed by atoms with Gasteiger partial charge >= 0.3 is 0 Å². The van der Waals surface area contributed by atoms with E-state index < -0.39 is 0 Å². The van der Waals surface area contributed by atoms with Gasteiger partial charge in [0.1, 0.15) is 5.82 Å². The minimum atomic E-state index is -0.179. The first kappa shape index (κ1) is 21.0. The molecule has 31 heavy (non-hydrogen) atoms. The van der Waals surface area contributed by atoms with E-state index >= 15 is 0 Å². The Balaban J connectivity index is 1.66. The number of H-pyrrole nitrogens is 1. The van der Waals surface area contributed by atoms with Crippen molar-refractivity contribution in [3.8, 4) is 0 Å². The summed E-state index contributed by atoms with van der Waals surface area (Å²) in [5.74, 6) is 0.766. The molecule has 5 nitrogen and oxygen atoms in total. The number of hydrogen-bond acceptors (Lipinski definition) is 3. The summed E-state index contributed by atoms with van der Waals surface area (Å²) in [4.78, 5) is 35.5. The maximum atomic E-state index is 13.6. The number of aromatic nitrogens is 2. The first-order valence-corrected chi connectivity index (χ1v) is 10.7. The van der Waals surface area contributed by atoms with Gasteiger partial charge in [-0.05, 0) is 42.9 Å². The number of allylic oxidation sites excluding steroid dienone is 2. The molecule has 2 unspecified atom stereocenters. The molecule has 0 spiro atoms. The summed E-state index contributed by atoms with van der Waals surface area (Å²) in [6, 6.07) is 17.2. The van der Waals surface area contributed by atoms with Gasteiger partial charge in [-0.3, -0.25) is 9.59 Å². The van der Waals surface area contributed by atoms with Gasteiger partial charge in [0.15, 0.2) is 0 Å². The van der Waals surface area contributed by atoms with Crippen molar-refractivity contribution in [1.82, 2.24) is 14.9 Å². The summed E-state index contributed by atoms with van der Waals surface area (Å²) in [7, 11) is 0. The van der Waals surface area contributed by atoms with Gasteiger partial charge in [0.2, 0.25) is 5.91 Å². The van der Waals surface area contributed by atoms with Crippen molar-refractivity contribution in [2.75, 3.05) is 0 Å². The second-order valence-electron chi connectivity index (χ2n) is 9.28. The van der Waals surface area contributed by atoms with Crippen LogP contribution < -0.4 is 5.56 Å². The first-order chi connectivity index (χ1) is 14.8. The molecule has 1 saturated carbocycles. The van der Waals surface area contributed by atoms with E-state index in [9.17, 15) is 9.59 Å². The topological polar surface area (TPSA) is 66.1 Å². The van der Waals surface area contributed by atoms with E-state index in [1.165, 1.54) is 5.57 Å². The van der Waals surface area contributed by atoms with Crippen LogP contribution in [-0.4, -0.2) is 20.8 Å². The molecule has 2 aromatic carbocycles. The predicted molar refractivity (Wildman–Crippen MR) is 123 cm³/mol. The Morgan fingerprint density at radius 3 is 2.45 bits per heavy atom. The minimum Gasteiger partial charge on any atom is -0.331 e. The van der Waals surface area contributed by atoms with Crippen LogP contribution in [0.4, 0.5) is 0 Å². The van der Waals surface area contributed by atoms with Gasteiger partial charge < -0.3 is 9.88 Å². The molecule has 5 heteroatoms. The smallest absolute Gasteiger partial charge is 0.258 e. The molecule has 1 aromatic heterocycles. The lowest BCUT2D eigenvalue weighted by Gasteiger charge is -2.23. The van der Waals surface area contributed by atoms with E-state index in [-0.39, 0.29) is 35.3 Å². The molecule has 0 radical (unpaired) electrons. The van der Waals surface area contributed by atoms with Crippen LogP contribution in [0.1, 0.15) is 39.1 Å². The molecular formula is C26H29N3O2. The number of rotatable bonds is 6. The molecule has 4 rings (SSSR count). The van der Waals surface area contributed by atoms with Gasteiger partial charge in [0, 0.05) is 6.54 Å². The molecule has 0 aliphatic heterocycles. The number of fused-ring (bicyclic) bond motifs is 1. The summed E-state index contributed by atoms with van der Waals surface area (Å²) < 4.78 is 0. The lowest BCUT2D eigenvalue weighted by molar-refractivity contribution is -0.134. The Labute approximate surface area is 182 Å². The number of para-hydroxylation sites is 1. The zero-order chi connectivity index (χ0) is 22.2. The quantitative estimate of drug-likeness (QED) is 0.594. The molecule has 1 aliphatic carbocycles. The summed E-state index contributed by atoms with van der Waals surface area (Å²) in [5.41, 5.74) is 2.66. The molecule has 3 aromatic rings. The molecule has 1 N–H and O–H groups in total. The predicted octanol–water partition coefficient (Wildman–Crippen LogP) is 4.69. The Bertz CT molecular complexity index is 1190. The van der Waals surface area contributed by atoms with Gasteiger partial charge in [-0.15, -0.1) is 0 Å². The summed E-state index contributed by atoms with van der Waals surface area (Å²) >= 11 is 0. The van der Waals surface area contributed by atoms with Crippen molar-refractivity contribution < 1.29 is 4.79 Å². The highest BCUT2D eigenvalue weighted by atomic mass is 16.2. The SMILES string of the molecule is CC(C)=CC1C(C(=O)N(Cc2ccccc2)Cc2nc3ccccc3c(=O)[nH]2)C1(C)C. The van der Waals surface area contributed by atoms with Crippen LogP contribution in [-0.2, 0) is 17.9 Å². The Hall–Kier alpha value is -3.21.